The maximum Gasteiger partial charge on any atom is 0.493 e. The zero-order valence-corrected chi connectivity index (χ0v) is 9.44. The summed E-state index contributed by atoms with van der Waals surface area (Å²) in [5.41, 5.74) is 1.03. The smallest absolute Gasteiger partial charge is 0.493 e. The zero-order valence-electron chi connectivity index (χ0n) is 9.44. The standard InChI is InChI=1S/C11H16BNO3/c1-14-11-4-2-10(3-5-11)12-15-8-6-13-7-9-16-12/h2-5,13H,6-9H2,1H3. The summed E-state index contributed by atoms with van der Waals surface area (Å²) in [5.74, 6) is 0.844. The van der Waals surface area contributed by atoms with E-state index in [1.165, 1.54) is 0 Å². The van der Waals surface area contributed by atoms with Crippen LogP contribution in [-0.4, -0.2) is 40.5 Å². The number of hydrogen-bond donors (Lipinski definition) is 1. The zero-order chi connectivity index (χ0) is 11.2. The van der Waals surface area contributed by atoms with E-state index in [0.717, 1.165) is 24.3 Å². The lowest BCUT2D eigenvalue weighted by Crippen LogP contribution is -2.42. The summed E-state index contributed by atoms with van der Waals surface area (Å²) in [6, 6.07) is 7.77. The van der Waals surface area contributed by atoms with Crippen LogP contribution in [0.5, 0.6) is 5.75 Å². The molecule has 0 aliphatic carbocycles. The van der Waals surface area contributed by atoms with Gasteiger partial charge in [-0.2, -0.15) is 0 Å². The molecule has 0 radical (unpaired) electrons. The minimum atomic E-state index is -0.256. The normalized spacial score (nSPS) is 17.7. The van der Waals surface area contributed by atoms with Crippen LogP contribution in [0.25, 0.3) is 0 Å². The van der Waals surface area contributed by atoms with E-state index in [2.05, 4.69) is 5.32 Å². The van der Waals surface area contributed by atoms with Crippen molar-refractivity contribution in [2.45, 2.75) is 0 Å². The van der Waals surface area contributed by atoms with Crippen molar-refractivity contribution in [3.8, 4) is 5.75 Å². The molecule has 1 aromatic rings. The van der Waals surface area contributed by atoms with Gasteiger partial charge in [0, 0.05) is 26.3 Å². The van der Waals surface area contributed by atoms with Gasteiger partial charge in [-0.1, -0.05) is 12.1 Å². The van der Waals surface area contributed by atoms with E-state index in [0.29, 0.717) is 13.2 Å². The molecule has 86 valence electrons. The summed E-state index contributed by atoms with van der Waals surface area (Å²) in [6.07, 6.45) is 0. The number of methoxy groups -OCH3 is 1. The monoisotopic (exact) mass is 221 g/mol. The van der Waals surface area contributed by atoms with Crippen molar-refractivity contribution in [3.63, 3.8) is 0 Å². The van der Waals surface area contributed by atoms with Crippen molar-refractivity contribution in [2.24, 2.45) is 0 Å². The Bertz CT molecular complexity index is 310. The van der Waals surface area contributed by atoms with Gasteiger partial charge in [0.1, 0.15) is 5.75 Å². The Balaban J connectivity index is 2.02. The highest BCUT2D eigenvalue weighted by atomic mass is 16.6. The second-order valence-electron chi connectivity index (χ2n) is 3.60. The molecule has 0 saturated carbocycles. The highest BCUT2D eigenvalue weighted by Gasteiger charge is 2.22. The first-order valence-corrected chi connectivity index (χ1v) is 5.48. The number of nitrogens with one attached hydrogen (secondary N) is 1. The maximum atomic E-state index is 5.62. The molecule has 1 aliphatic rings. The fourth-order valence-electron chi connectivity index (χ4n) is 1.60. The van der Waals surface area contributed by atoms with Crippen LogP contribution in [0.2, 0.25) is 0 Å². The van der Waals surface area contributed by atoms with Gasteiger partial charge in [-0.15, -0.1) is 0 Å². The molecule has 2 rings (SSSR count). The minimum absolute atomic E-state index is 0.256. The van der Waals surface area contributed by atoms with Crippen LogP contribution in [0.15, 0.2) is 24.3 Å². The van der Waals surface area contributed by atoms with Crippen LogP contribution in [0.3, 0.4) is 0 Å². The highest BCUT2D eigenvalue weighted by molar-refractivity contribution is 6.61. The Labute approximate surface area is 96.0 Å². The second-order valence-corrected chi connectivity index (χ2v) is 3.60. The molecule has 0 atom stereocenters. The average Bonchev–Trinajstić information content (AvgIpc) is 2.29. The van der Waals surface area contributed by atoms with Gasteiger partial charge in [-0.25, -0.2) is 0 Å². The number of rotatable bonds is 2. The van der Waals surface area contributed by atoms with Gasteiger partial charge in [-0.05, 0) is 17.6 Å². The summed E-state index contributed by atoms with van der Waals surface area (Å²) in [5, 5.41) is 3.21. The molecule has 0 aromatic heterocycles. The van der Waals surface area contributed by atoms with Crippen molar-refractivity contribution in [3.05, 3.63) is 24.3 Å². The first-order valence-electron chi connectivity index (χ1n) is 5.48. The summed E-state index contributed by atoms with van der Waals surface area (Å²) < 4.78 is 16.3. The summed E-state index contributed by atoms with van der Waals surface area (Å²) in [6.45, 7) is 3.07. The summed E-state index contributed by atoms with van der Waals surface area (Å²) in [4.78, 5) is 0. The van der Waals surface area contributed by atoms with Crippen LogP contribution in [0, 0.1) is 0 Å². The van der Waals surface area contributed by atoms with Crippen molar-refractivity contribution in [2.75, 3.05) is 33.4 Å². The predicted molar refractivity (Wildman–Crippen MR) is 63.2 cm³/mol. The molecule has 0 unspecified atom stereocenters. The molecule has 16 heavy (non-hydrogen) atoms. The quantitative estimate of drug-likeness (QED) is 0.715. The number of benzene rings is 1. The third-order valence-electron chi connectivity index (χ3n) is 2.48. The van der Waals surface area contributed by atoms with Crippen LogP contribution >= 0.6 is 0 Å². The van der Waals surface area contributed by atoms with Gasteiger partial charge < -0.3 is 19.4 Å². The molecule has 1 heterocycles. The lowest BCUT2D eigenvalue weighted by molar-refractivity contribution is 0.187. The Morgan fingerprint density at radius 3 is 2.31 bits per heavy atom. The molecule has 0 amide bonds. The second kappa shape index (κ2) is 5.89. The molecule has 1 aromatic carbocycles. The largest absolute Gasteiger partial charge is 0.497 e. The third kappa shape index (κ3) is 2.98. The van der Waals surface area contributed by atoms with Crippen LogP contribution < -0.4 is 15.5 Å². The lowest BCUT2D eigenvalue weighted by atomic mass is 9.78. The molecule has 5 heteroatoms. The van der Waals surface area contributed by atoms with E-state index in [1.807, 2.05) is 24.3 Å². The first kappa shape index (κ1) is 11.5. The molecule has 1 saturated heterocycles. The van der Waals surface area contributed by atoms with E-state index < -0.39 is 0 Å². The van der Waals surface area contributed by atoms with Crippen LogP contribution in [-0.2, 0) is 9.31 Å². The molecule has 1 N–H and O–H groups in total. The summed E-state index contributed by atoms with van der Waals surface area (Å²) >= 11 is 0. The molecule has 1 fully saturated rings. The molecule has 1 aliphatic heterocycles. The van der Waals surface area contributed by atoms with Gasteiger partial charge in [-0.3, -0.25) is 0 Å². The Kier molecular flexibility index (Phi) is 4.21. The molecular formula is C11H16BNO3. The van der Waals surface area contributed by atoms with Gasteiger partial charge in [0.2, 0.25) is 0 Å². The molecule has 4 nitrogen and oxygen atoms in total. The van der Waals surface area contributed by atoms with E-state index in [1.54, 1.807) is 7.11 Å². The molecule has 0 spiro atoms. The van der Waals surface area contributed by atoms with Gasteiger partial charge in [0.05, 0.1) is 7.11 Å². The van der Waals surface area contributed by atoms with Crippen LogP contribution in [0.1, 0.15) is 0 Å². The topological polar surface area (TPSA) is 39.7 Å². The SMILES string of the molecule is COc1ccc(B2OCCNCCO2)cc1. The highest BCUT2D eigenvalue weighted by Crippen LogP contribution is 2.07. The Morgan fingerprint density at radius 2 is 1.75 bits per heavy atom. The Hall–Kier alpha value is -1.04. The van der Waals surface area contributed by atoms with Crippen molar-refractivity contribution < 1.29 is 14.0 Å². The molecule has 0 bridgehead atoms. The molecular weight excluding hydrogens is 205 g/mol. The van der Waals surface area contributed by atoms with E-state index in [-0.39, 0.29) is 7.12 Å². The lowest BCUT2D eigenvalue weighted by Gasteiger charge is -2.18. The third-order valence-corrected chi connectivity index (χ3v) is 2.48. The first-order chi connectivity index (χ1) is 7.90. The fraction of sp³-hybridized carbons (Fsp3) is 0.455. The van der Waals surface area contributed by atoms with Gasteiger partial charge in [0.15, 0.2) is 0 Å². The number of ether oxygens (including phenoxy) is 1. The van der Waals surface area contributed by atoms with Crippen molar-refractivity contribution in [1.82, 2.24) is 5.32 Å². The van der Waals surface area contributed by atoms with E-state index >= 15 is 0 Å². The van der Waals surface area contributed by atoms with E-state index in [4.69, 9.17) is 14.0 Å². The predicted octanol–water partition coefficient (Wildman–Crippen LogP) is 0.0268. The van der Waals surface area contributed by atoms with Gasteiger partial charge >= 0.3 is 7.12 Å². The van der Waals surface area contributed by atoms with Crippen molar-refractivity contribution in [1.29, 1.82) is 0 Å². The van der Waals surface area contributed by atoms with Crippen LogP contribution in [0.4, 0.5) is 0 Å². The Morgan fingerprint density at radius 1 is 1.12 bits per heavy atom. The van der Waals surface area contributed by atoms with E-state index in [9.17, 15) is 0 Å². The maximum absolute atomic E-state index is 5.62. The van der Waals surface area contributed by atoms with Gasteiger partial charge in [0.25, 0.3) is 0 Å². The van der Waals surface area contributed by atoms with Crippen molar-refractivity contribution >= 4 is 12.6 Å². The fourth-order valence-corrected chi connectivity index (χ4v) is 1.60. The summed E-state index contributed by atoms with van der Waals surface area (Å²) in [7, 11) is 1.40. The minimum Gasteiger partial charge on any atom is -0.497 e. The average molecular weight is 221 g/mol. The number of hydrogen-bond acceptors (Lipinski definition) is 4.